The molecule has 160 valence electrons. The fourth-order valence-corrected chi connectivity index (χ4v) is 3.41. The van der Waals surface area contributed by atoms with Crippen molar-refractivity contribution in [3.63, 3.8) is 0 Å². The quantitative estimate of drug-likeness (QED) is 0.643. The Hall–Kier alpha value is -3.54. The van der Waals surface area contributed by atoms with Gasteiger partial charge in [0.15, 0.2) is 12.4 Å². The minimum Gasteiger partial charge on any atom is -0.482 e. The molecule has 2 amide bonds. The third-order valence-corrected chi connectivity index (χ3v) is 5.28. The van der Waals surface area contributed by atoms with Crippen molar-refractivity contribution in [1.82, 2.24) is 0 Å². The van der Waals surface area contributed by atoms with E-state index in [2.05, 4.69) is 26.1 Å². The van der Waals surface area contributed by atoms with Crippen LogP contribution in [-0.4, -0.2) is 18.4 Å². The number of nitrogens with one attached hydrogen (secondary N) is 1. The number of ether oxygens (including phenoxy) is 1. The number of benzene rings is 2. The van der Waals surface area contributed by atoms with Crippen LogP contribution in [0.25, 0.3) is 0 Å². The normalized spacial score (nSPS) is 13.5. The van der Waals surface area contributed by atoms with Crippen molar-refractivity contribution in [2.24, 2.45) is 0 Å². The van der Waals surface area contributed by atoms with Crippen LogP contribution in [0, 0.1) is 6.92 Å². The topological polar surface area (TPSA) is 71.8 Å². The molecule has 0 radical (unpaired) electrons. The molecule has 1 aliphatic rings. The van der Waals surface area contributed by atoms with E-state index in [1.807, 2.05) is 49.4 Å². The standard InChI is InChI=1S/C25H26N2O4/c1-16-5-8-18(9-6-16)26-24(29)22-12-10-19(31-22)14-27-20-13-17(25(2,3)4)7-11-21(20)30-15-23(27)28/h5-13H,14-15H2,1-4H3,(H,26,29). The van der Waals surface area contributed by atoms with Gasteiger partial charge in [0.05, 0.1) is 12.2 Å². The molecular weight excluding hydrogens is 392 g/mol. The SMILES string of the molecule is Cc1ccc(NC(=O)c2ccc(CN3C(=O)COc4ccc(C(C)(C)C)cc43)o2)cc1. The molecule has 0 aliphatic carbocycles. The van der Waals surface area contributed by atoms with Gasteiger partial charge < -0.3 is 14.5 Å². The Kier molecular flexibility index (Phi) is 5.31. The second kappa shape index (κ2) is 7.95. The van der Waals surface area contributed by atoms with E-state index in [-0.39, 0.29) is 36.1 Å². The average Bonchev–Trinajstić information content (AvgIpc) is 3.20. The van der Waals surface area contributed by atoms with E-state index in [9.17, 15) is 9.59 Å². The Morgan fingerprint density at radius 2 is 1.81 bits per heavy atom. The van der Waals surface area contributed by atoms with E-state index < -0.39 is 0 Å². The van der Waals surface area contributed by atoms with Gasteiger partial charge in [-0.1, -0.05) is 44.5 Å². The van der Waals surface area contributed by atoms with Crippen molar-refractivity contribution in [1.29, 1.82) is 0 Å². The molecule has 4 rings (SSSR count). The molecule has 0 spiro atoms. The molecule has 0 bridgehead atoms. The summed E-state index contributed by atoms with van der Waals surface area (Å²) in [7, 11) is 0. The maximum atomic E-state index is 12.6. The molecule has 1 aliphatic heterocycles. The third kappa shape index (κ3) is 4.48. The molecular formula is C25H26N2O4. The predicted molar refractivity (Wildman–Crippen MR) is 120 cm³/mol. The highest BCUT2D eigenvalue weighted by Gasteiger charge is 2.28. The van der Waals surface area contributed by atoms with Crippen LogP contribution < -0.4 is 15.0 Å². The molecule has 6 heteroatoms. The summed E-state index contributed by atoms with van der Waals surface area (Å²) in [6.07, 6.45) is 0. The lowest BCUT2D eigenvalue weighted by molar-refractivity contribution is -0.121. The van der Waals surface area contributed by atoms with Crippen molar-refractivity contribution >= 4 is 23.2 Å². The van der Waals surface area contributed by atoms with Gasteiger partial charge in [-0.2, -0.15) is 0 Å². The lowest BCUT2D eigenvalue weighted by atomic mass is 9.86. The summed E-state index contributed by atoms with van der Waals surface area (Å²) < 4.78 is 11.4. The first-order valence-electron chi connectivity index (χ1n) is 10.2. The smallest absolute Gasteiger partial charge is 0.291 e. The average molecular weight is 418 g/mol. The van der Waals surface area contributed by atoms with Gasteiger partial charge in [-0.25, -0.2) is 0 Å². The summed E-state index contributed by atoms with van der Waals surface area (Å²) in [5, 5.41) is 2.82. The minimum absolute atomic E-state index is 0.0245. The molecule has 3 aromatic rings. The first-order valence-corrected chi connectivity index (χ1v) is 10.2. The van der Waals surface area contributed by atoms with Crippen LogP contribution in [0.15, 0.2) is 59.0 Å². The third-order valence-electron chi connectivity index (χ3n) is 5.28. The lowest BCUT2D eigenvalue weighted by Crippen LogP contribution is -2.38. The van der Waals surface area contributed by atoms with Crippen LogP contribution in [0.2, 0.25) is 0 Å². The number of aryl methyl sites for hydroxylation is 1. The van der Waals surface area contributed by atoms with Gasteiger partial charge in [0.1, 0.15) is 11.5 Å². The maximum Gasteiger partial charge on any atom is 0.291 e. The number of carbonyl (C=O) groups is 2. The number of fused-ring (bicyclic) bond motifs is 1. The van der Waals surface area contributed by atoms with Gasteiger partial charge in [0, 0.05) is 5.69 Å². The summed E-state index contributed by atoms with van der Waals surface area (Å²) in [4.78, 5) is 26.8. The first-order chi connectivity index (χ1) is 14.7. The Bertz CT molecular complexity index is 1120. The Morgan fingerprint density at radius 3 is 2.52 bits per heavy atom. The van der Waals surface area contributed by atoms with E-state index in [1.165, 1.54) is 0 Å². The van der Waals surface area contributed by atoms with Gasteiger partial charge in [-0.3, -0.25) is 14.5 Å². The summed E-state index contributed by atoms with van der Waals surface area (Å²) in [6, 6.07) is 16.8. The number of hydrogen-bond acceptors (Lipinski definition) is 4. The van der Waals surface area contributed by atoms with Crippen LogP contribution in [0.1, 0.15) is 48.2 Å². The molecule has 0 atom stereocenters. The monoisotopic (exact) mass is 418 g/mol. The van der Waals surface area contributed by atoms with Crippen LogP contribution in [0.5, 0.6) is 5.75 Å². The Labute approximate surface area is 181 Å². The maximum absolute atomic E-state index is 12.6. The number of rotatable bonds is 4. The fourth-order valence-electron chi connectivity index (χ4n) is 3.41. The summed E-state index contributed by atoms with van der Waals surface area (Å²) in [5.74, 6) is 0.896. The molecule has 1 N–H and O–H groups in total. The van der Waals surface area contributed by atoms with Crippen LogP contribution >= 0.6 is 0 Å². The lowest BCUT2D eigenvalue weighted by Gasteiger charge is -2.30. The molecule has 0 fully saturated rings. The van der Waals surface area contributed by atoms with Crippen molar-refractivity contribution in [2.75, 3.05) is 16.8 Å². The zero-order valence-electron chi connectivity index (χ0n) is 18.2. The van der Waals surface area contributed by atoms with Crippen molar-refractivity contribution in [2.45, 2.75) is 39.7 Å². The second-order valence-corrected chi connectivity index (χ2v) is 8.79. The van der Waals surface area contributed by atoms with Crippen molar-refractivity contribution < 1.29 is 18.7 Å². The van der Waals surface area contributed by atoms with E-state index in [0.717, 1.165) is 11.1 Å². The summed E-state index contributed by atoms with van der Waals surface area (Å²) in [5.41, 5.74) is 3.56. The van der Waals surface area contributed by atoms with Gasteiger partial charge in [-0.05, 0) is 54.3 Å². The van der Waals surface area contributed by atoms with Crippen LogP contribution in [0.3, 0.4) is 0 Å². The van der Waals surface area contributed by atoms with Gasteiger partial charge in [0.2, 0.25) is 0 Å². The fraction of sp³-hybridized carbons (Fsp3) is 0.280. The number of amides is 2. The zero-order chi connectivity index (χ0) is 22.2. The summed E-state index contributed by atoms with van der Waals surface area (Å²) in [6.45, 7) is 8.55. The molecule has 0 saturated carbocycles. The number of furan rings is 1. The number of carbonyl (C=O) groups excluding carboxylic acids is 2. The molecule has 31 heavy (non-hydrogen) atoms. The van der Waals surface area contributed by atoms with Crippen molar-refractivity contribution in [3.05, 3.63) is 77.2 Å². The van der Waals surface area contributed by atoms with Crippen LogP contribution in [0.4, 0.5) is 11.4 Å². The molecule has 0 unspecified atom stereocenters. The molecule has 2 heterocycles. The molecule has 6 nitrogen and oxygen atoms in total. The van der Waals surface area contributed by atoms with Gasteiger partial charge >= 0.3 is 0 Å². The van der Waals surface area contributed by atoms with E-state index in [0.29, 0.717) is 22.9 Å². The largest absolute Gasteiger partial charge is 0.482 e. The van der Waals surface area contributed by atoms with E-state index in [1.54, 1.807) is 17.0 Å². The van der Waals surface area contributed by atoms with Gasteiger partial charge in [-0.15, -0.1) is 0 Å². The second-order valence-electron chi connectivity index (χ2n) is 8.79. The van der Waals surface area contributed by atoms with Gasteiger partial charge in [0.25, 0.3) is 11.8 Å². The number of hydrogen-bond donors (Lipinski definition) is 1. The van der Waals surface area contributed by atoms with Crippen molar-refractivity contribution in [3.8, 4) is 5.75 Å². The van der Waals surface area contributed by atoms with E-state index >= 15 is 0 Å². The highest BCUT2D eigenvalue weighted by atomic mass is 16.5. The molecule has 1 aromatic heterocycles. The minimum atomic E-state index is -0.334. The highest BCUT2D eigenvalue weighted by Crippen LogP contribution is 2.37. The summed E-state index contributed by atoms with van der Waals surface area (Å²) >= 11 is 0. The molecule has 0 saturated heterocycles. The number of nitrogens with zero attached hydrogens (tertiary/aromatic N) is 1. The first kappa shape index (κ1) is 20.7. The number of anilines is 2. The Balaban J connectivity index is 1.54. The Morgan fingerprint density at radius 1 is 1.06 bits per heavy atom. The van der Waals surface area contributed by atoms with E-state index in [4.69, 9.17) is 9.15 Å². The molecule has 2 aromatic carbocycles. The highest BCUT2D eigenvalue weighted by molar-refractivity contribution is 6.02. The predicted octanol–water partition coefficient (Wildman–Crippen LogP) is 5.06. The zero-order valence-corrected chi connectivity index (χ0v) is 18.2. The van der Waals surface area contributed by atoms with Crippen LogP contribution in [-0.2, 0) is 16.8 Å².